The maximum absolute atomic E-state index is 13.0. The Balaban J connectivity index is 2.29. The van der Waals surface area contributed by atoms with Gasteiger partial charge in [-0.1, -0.05) is 13.8 Å². The van der Waals surface area contributed by atoms with Gasteiger partial charge in [0.25, 0.3) is 0 Å². The number of aromatic amines is 1. The number of ketones is 1. The van der Waals surface area contributed by atoms with E-state index in [1.54, 1.807) is 13.8 Å². The Labute approximate surface area is 155 Å². The Hall–Kier alpha value is -2.43. The number of nitrogens with zero attached hydrogens (tertiary/aromatic N) is 1. The van der Waals surface area contributed by atoms with E-state index in [-0.39, 0.29) is 11.8 Å². The molecule has 5 nitrogen and oxygen atoms in total. The summed E-state index contributed by atoms with van der Waals surface area (Å²) in [6.07, 6.45) is 6.13. The van der Waals surface area contributed by atoms with E-state index in [4.69, 9.17) is 4.74 Å². The van der Waals surface area contributed by atoms with E-state index in [9.17, 15) is 9.59 Å². The molecule has 26 heavy (non-hydrogen) atoms. The number of ether oxygens (including phenoxy) is 1. The van der Waals surface area contributed by atoms with Crippen LogP contribution in [0.4, 0.5) is 0 Å². The average molecular weight is 357 g/mol. The van der Waals surface area contributed by atoms with Crippen LogP contribution >= 0.6 is 0 Å². The molecular formula is C21H29N2O3+. The van der Waals surface area contributed by atoms with Crippen LogP contribution in [0.25, 0.3) is 0 Å². The molecule has 140 valence electrons. The van der Waals surface area contributed by atoms with Gasteiger partial charge in [0.1, 0.15) is 0 Å². The van der Waals surface area contributed by atoms with Crippen LogP contribution in [-0.2, 0) is 4.74 Å². The van der Waals surface area contributed by atoms with Crippen molar-refractivity contribution in [1.29, 1.82) is 0 Å². The molecule has 0 radical (unpaired) electrons. The molecule has 0 saturated carbocycles. The van der Waals surface area contributed by atoms with Crippen LogP contribution in [0.15, 0.2) is 24.5 Å². The number of hydrogen-bond donors (Lipinski definition) is 1. The van der Waals surface area contributed by atoms with Crippen LogP contribution in [0.1, 0.15) is 83.2 Å². The third-order valence-corrected chi connectivity index (χ3v) is 5.24. The van der Waals surface area contributed by atoms with E-state index in [1.807, 2.05) is 23.9 Å². The van der Waals surface area contributed by atoms with E-state index in [2.05, 4.69) is 31.0 Å². The van der Waals surface area contributed by atoms with Gasteiger partial charge < -0.3 is 9.72 Å². The molecule has 2 aromatic rings. The second-order valence-corrected chi connectivity index (χ2v) is 6.75. The molecule has 0 spiro atoms. The van der Waals surface area contributed by atoms with Crippen molar-refractivity contribution in [3.05, 3.63) is 52.6 Å². The number of carbonyl (C=O) groups excluding carboxylic acids is 2. The van der Waals surface area contributed by atoms with Crippen molar-refractivity contribution in [2.24, 2.45) is 0 Å². The van der Waals surface area contributed by atoms with Crippen molar-refractivity contribution in [2.45, 2.75) is 59.4 Å². The van der Waals surface area contributed by atoms with Crippen molar-refractivity contribution in [2.75, 3.05) is 7.11 Å². The van der Waals surface area contributed by atoms with Gasteiger partial charge in [0.15, 0.2) is 12.4 Å². The van der Waals surface area contributed by atoms with Crippen LogP contribution in [-0.4, -0.2) is 23.8 Å². The smallest absolute Gasteiger partial charge is 0.339 e. The predicted octanol–water partition coefficient (Wildman–Crippen LogP) is 4.05. The van der Waals surface area contributed by atoms with E-state index in [1.165, 1.54) is 12.7 Å². The number of Topliss-reactive ketones (excluding diaryl/α,β-unsaturated/α-hetero) is 1. The first-order valence-electron chi connectivity index (χ1n) is 9.17. The maximum Gasteiger partial charge on any atom is 0.339 e. The summed E-state index contributed by atoms with van der Waals surface area (Å²) in [5.41, 5.74) is 3.49. The Kier molecular flexibility index (Phi) is 6.35. The van der Waals surface area contributed by atoms with Gasteiger partial charge >= 0.3 is 5.97 Å². The first kappa shape index (κ1) is 19.9. The number of carbonyl (C=O) groups is 2. The highest BCUT2D eigenvalue weighted by atomic mass is 16.5. The Bertz CT molecular complexity index is 786. The third kappa shape index (κ3) is 3.71. The van der Waals surface area contributed by atoms with Crippen LogP contribution in [0.5, 0.6) is 0 Å². The zero-order valence-corrected chi connectivity index (χ0v) is 16.6. The molecule has 0 aliphatic carbocycles. The van der Waals surface area contributed by atoms with Gasteiger partial charge in [-0.2, -0.15) is 4.57 Å². The minimum absolute atomic E-state index is 0.0546. The van der Waals surface area contributed by atoms with Gasteiger partial charge in [-0.3, -0.25) is 4.79 Å². The summed E-state index contributed by atoms with van der Waals surface area (Å²) < 4.78 is 6.72. The number of nitrogens with one attached hydrogen (secondary N) is 1. The number of rotatable bonds is 7. The summed E-state index contributed by atoms with van der Waals surface area (Å²) in [5, 5.41) is 0. The SMILES string of the molecule is CCC(CC)c1cc[n+]([C@H](C)C(=O)c2[nH]c(C)c(C(=O)OC)c2C)cc1. The summed E-state index contributed by atoms with van der Waals surface area (Å²) in [6, 6.07) is 3.82. The number of aromatic nitrogens is 2. The van der Waals surface area contributed by atoms with E-state index in [0.29, 0.717) is 28.4 Å². The van der Waals surface area contributed by atoms with Crippen molar-refractivity contribution in [3.63, 3.8) is 0 Å². The number of methoxy groups -OCH3 is 1. The van der Waals surface area contributed by atoms with Crippen molar-refractivity contribution < 1.29 is 18.9 Å². The predicted molar refractivity (Wildman–Crippen MR) is 101 cm³/mol. The van der Waals surface area contributed by atoms with Gasteiger partial charge in [-0.05, 0) is 43.7 Å². The van der Waals surface area contributed by atoms with Gasteiger partial charge in [-0.25, -0.2) is 4.79 Å². The summed E-state index contributed by atoms with van der Waals surface area (Å²) in [4.78, 5) is 28.0. The Morgan fingerprint density at radius 3 is 2.23 bits per heavy atom. The van der Waals surface area contributed by atoms with Crippen molar-refractivity contribution >= 4 is 11.8 Å². The molecule has 5 heteroatoms. The monoisotopic (exact) mass is 357 g/mol. The number of pyridine rings is 1. The molecule has 0 saturated heterocycles. The van der Waals surface area contributed by atoms with Crippen molar-refractivity contribution in [1.82, 2.24) is 4.98 Å². The van der Waals surface area contributed by atoms with Crippen LogP contribution in [0, 0.1) is 13.8 Å². The summed E-state index contributed by atoms with van der Waals surface area (Å²) in [5.74, 6) is 0.0674. The zero-order valence-electron chi connectivity index (χ0n) is 16.6. The molecule has 0 amide bonds. The molecule has 0 aromatic carbocycles. The number of aryl methyl sites for hydroxylation is 1. The van der Waals surface area contributed by atoms with Crippen LogP contribution in [0.3, 0.4) is 0 Å². The number of esters is 1. The van der Waals surface area contributed by atoms with Crippen LogP contribution in [0.2, 0.25) is 0 Å². The highest BCUT2D eigenvalue weighted by molar-refractivity contribution is 6.02. The molecule has 1 atom stereocenters. The standard InChI is InChI=1S/C21H28N2O3/c1-7-16(8-2)17-9-11-23(12-10-17)15(5)20(24)19-13(3)18(14(4)22-19)21(25)26-6/h9-12,15-16H,7-8H2,1-6H3/p+1/t15-/m1/s1. The number of hydrogen-bond acceptors (Lipinski definition) is 3. The lowest BCUT2D eigenvalue weighted by Crippen LogP contribution is -2.42. The molecular weight excluding hydrogens is 328 g/mol. The minimum Gasteiger partial charge on any atom is -0.465 e. The summed E-state index contributed by atoms with van der Waals surface area (Å²) in [7, 11) is 1.34. The third-order valence-electron chi connectivity index (χ3n) is 5.24. The van der Waals surface area contributed by atoms with Gasteiger partial charge in [0.2, 0.25) is 11.8 Å². The topological polar surface area (TPSA) is 63.0 Å². The highest BCUT2D eigenvalue weighted by Crippen LogP contribution is 2.23. The first-order chi connectivity index (χ1) is 12.3. The number of H-pyrrole nitrogens is 1. The fraction of sp³-hybridized carbons (Fsp3) is 0.476. The van der Waals surface area contributed by atoms with Gasteiger partial charge in [0.05, 0.1) is 18.4 Å². The largest absolute Gasteiger partial charge is 0.465 e. The lowest BCUT2D eigenvalue weighted by atomic mass is 9.95. The maximum atomic E-state index is 13.0. The second-order valence-electron chi connectivity index (χ2n) is 6.75. The molecule has 2 rings (SSSR count). The first-order valence-corrected chi connectivity index (χ1v) is 9.17. The molecule has 0 aliphatic heterocycles. The summed E-state index contributed by atoms with van der Waals surface area (Å²) in [6.45, 7) is 9.80. The minimum atomic E-state index is -0.426. The van der Waals surface area contributed by atoms with E-state index >= 15 is 0 Å². The fourth-order valence-electron chi connectivity index (χ4n) is 3.49. The molecule has 2 aromatic heterocycles. The lowest BCUT2D eigenvalue weighted by molar-refractivity contribution is -0.704. The average Bonchev–Trinajstić information content (AvgIpc) is 2.95. The molecule has 0 fully saturated rings. The molecule has 0 bridgehead atoms. The molecule has 1 N–H and O–H groups in total. The Morgan fingerprint density at radius 2 is 1.73 bits per heavy atom. The lowest BCUT2D eigenvalue weighted by Gasteiger charge is -2.12. The quantitative estimate of drug-likeness (QED) is 0.462. The second kappa shape index (κ2) is 8.30. The summed E-state index contributed by atoms with van der Waals surface area (Å²) >= 11 is 0. The Morgan fingerprint density at radius 1 is 1.15 bits per heavy atom. The molecule has 0 unspecified atom stereocenters. The molecule has 2 heterocycles. The van der Waals surface area contributed by atoms with Crippen LogP contribution < -0.4 is 4.57 Å². The molecule has 0 aliphatic rings. The van der Waals surface area contributed by atoms with Crippen molar-refractivity contribution in [3.8, 4) is 0 Å². The van der Waals surface area contributed by atoms with Gasteiger partial charge in [-0.15, -0.1) is 0 Å². The van der Waals surface area contributed by atoms with E-state index in [0.717, 1.165) is 12.8 Å². The zero-order chi connectivity index (χ0) is 19.4. The highest BCUT2D eigenvalue weighted by Gasteiger charge is 2.29. The normalized spacial score (nSPS) is 12.3. The van der Waals surface area contributed by atoms with E-state index < -0.39 is 5.97 Å². The van der Waals surface area contributed by atoms with Gasteiger partial charge in [0, 0.05) is 24.8 Å². The fourth-order valence-corrected chi connectivity index (χ4v) is 3.49.